The maximum atomic E-state index is 14.3. The molecule has 0 aliphatic heterocycles. The lowest BCUT2D eigenvalue weighted by molar-refractivity contribution is -0.137. The van der Waals surface area contributed by atoms with E-state index in [1.165, 1.54) is 42.6 Å². The number of sulfonamides is 1. The lowest BCUT2D eigenvalue weighted by atomic mass is 9.96. The van der Waals surface area contributed by atoms with Gasteiger partial charge in [0.2, 0.25) is 10.0 Å². The molecule has 1 heterocycles. The van der Waals surface area contributed by atoms with E-state index in [1.54, 1.807) is 4.57 Å². The van der Waals surface area contributed by atoms with E-state index in [4.69, 9.17) is 1.37 Å². The van der Waals surface area contributed by atoms with Gasteiger partial charge in [0, 0.05) is 29.2 Å². The maximum absolute atomic E-state index is 14.3. The zero-order valence-corrected chi connectivity index (χ0v) is 20.3. The van der Waals surface area contributed by atoms with Gasteiger partial charge in [-0.25, -0.2) is 21.9 Å². The Bertz CT molecular complexity index is 1390. The Morgan fingerprint density at radius 2 is 1.77 bits per heavy atom. The highest BCUT2D eigenvalue weighted by molar-refractivity contribution is 7.90. The van der Waals surface area contributed by atoms with Crippen molar-refractivity contribution in [1.82, 2.24) is 9.29 Å². The van der Waals surface area contributed by atoms with Crippen molar-refractivity contribution in [2.75, 3.05) is 0 Å². The highest BCUT2D eigenvalue weighted by Crippen LogP contribution is 2.40. The average molecular weight is 516 g/mol. The van der Waals surface area contributed by atoms with Crippen LogP contribution in [0.5, 0.6) is 0 Å². The minimum Gasteiger partial charge on any atom is -0.347 e. The number of fused-ring (bicyclic) bond motifs is 1. The zero-order valence-electron chi connectivity index (χ0n) is 20.5. The van der Waals surface area contributed by atoms with Crippen molar-refractivity contribution in [2.24, 2.45) is 5.41 Å². The summed E-state index contributed by atoms with van der Waals surface area (Å²) < 4.78 is 107. The predicted molar refractivity (Wildman–Crippen MR) is 126 cm³/mol. The second kappa shape index (κ2) is 8.89. The summed E-state index contributed by atoms with van der Waals surface area (Å²) in [7, 11) is -4.16. The lowest BCUT2D eigenvalue weighted by Gasteiger charge is -2.20. The van der Waals surface area contributed by atoms with Crippen molar-refractivity contribution in [3.8, 4) is 11.1 Å². The summed E-state index contributed by atoms with van der Waals surface area (Å²) in [6.07, 6.45) is -6.02. The number of aromatic nitrogens is 1. The van der Waals surface area contributed by atoms with Crippen LogP contribution < -0.4 is 4.72 Å². The largest absolute Gasteiger partial charge is 0.417 e. The molecular formula is C25H27F5N2O2S. The van der Waals surface area contributed by atoms with Crippen molar-refractivity contribution < 1.29 is 31.7 Å². The van der Waals surface area contributed by atoms with Crippen LogP contribution >= 0.6 is 0 Å². The second-order valence-corrected chi connectivity index (χ2v) is 12.0. The van der Waals surface area contributed by atoms with Crippen LogP contribution in [0.4, 0.5) is 22.0 Å². The molecule has 4 nitrogen and oxygen atoms in total. The van der Waals surface area contributed by atoms with E-state index in [0.717, 1.165) is 6.07 Å². The van der Waals surface area contributed by atoms with Crippen LogP contribution in [-0.4, -0.2) is 24.7 Å². The van der Waals surface area contributed by atoms with E-state index in [1.807, 2.05) is 25.5 Å². The molecule has 0 unspecified atom stereocenters. The van der Waals surface area contributed by atoms with Crippen LogP contribution in [0, 0.1) is 5.41 Å². The van der Waals surface area contributed by atoms with Gasteiger partial charge in [-0.1, -0.05) is 51.1 Å². The fourth-order valence-corrected chi connectivity index (χ4v) is 5.56. The Morgan fingerprint density at radius 1 is 1.11 bits per heavy atom. The summed E-state index contributed by atoms with van der Waals surface area (Å²) in [6.45, 7) is 6.00. The van der Waals surface area contributed by atoms with Crippen molar-refractivity contribution >= 4 is 20.9 Å². The molecule has 0 saturated heterocycles. The van der Waals surface area contributed by atoms with Gasteiger partial charge in [0.1, 0.15) is 6.02 Å². The van der Waals surface area contributed by atoms with Crippen LogP contribution in [0.2, 0.25) is 0 Å². The van der Waals surface area contributed by atoms with E-state index in [2.05, 4.69) is 0 Å². The molecular weight excluding hydrogens is 487 g/mol. The fraction of sp³-hybridized carbons (Fsp3) is 0.440. The van der Waals surface area contributed by atoms with Crippen LogP contribution in [0.1, 0.15) is 52.1 Å². The molecule has 35 heavy (non-hydrogen) atoms. The molecule has 0 bridgehead atoms. The lowest BCUT2D eigenvalue weighted by Crippen LogP contribution is -2.35. The van der Waals surface area contributed by atoms with Gasteiger partial charge in [0.05, 0.1) is 12.2 Å². The van der Waals surface area contributed by atoms with Gasteiger partial charge in [-0.2, -0.15) is 13.2 Å². The number of hydrogen-bond acceptors (Lipinski definition) is 2. The summed E-state index contributed by atoms with van der Waals surface area (Å²) in [5.41, 5.74) is -0.961. The Balaban J connectivity index is 1.93. The van der Waals surface area contributed by atoms with E-state index in [9.17, 15) is 30.4 Å². The van der Waals surface area contributed by atoms with E-state index in [0.29, 0.717) is 24.9 Å². The number of hydrogen-bond donors (Lipinski definition) is 1. The molecule has 1 aromatic heterocycles. The number of halogens is 5. The first-order valence-electron chi connectivity index (χ1n) is 11.6. The standard InChI is InChI=1S/C25H27F5N2O2S/c1-24(2,3)14-32-13-19(22(23(26)27)31-35(33,34)16-9-10-16)18-11-8-15(12-21(18)32)17-6-4-5-7-20(17)25(28,29)30/h4-8,11-13,16,22-23,31H,9-10,14H2,1-3H3/t22-/m0/s1/i22D. The van der Waals surface area contributed by atoms with Crippen molar-refractivity contribution in [3.05, 3.63) is 59.8 Å². The van der Waals surface area contributed by atoms with Crippen LogP contribution in [0.25, 0.3) is 22.0 Å². The molecule has 1 saturated carbocycles. The first kappa shape index (κ1) is 24.2. The number of nitrogens with one attached hydrogen (secondary N) is 1. The summed E-state index contributed by atoms with van der Waals surface area (Å²) >= 11 is 0. The van der Waals surface area contributed by atoms with Gasteiger partial charge < -0.3 is 4.57 Å². The molecule has 2 aromatic carbocycles. The minimum absolute atomic E-state index is 0.0719. The Morgan fingerprint density at radius 3 is 2.34 bits per heavy atom. The van der Waals surface area contributed by atoms with Gasteiger partial charge in [-0.3, -0.25) is 0 Å². The number of alkyl halides is 5. The molecule has 1 aliphatic rings. The SMILES string of the molecule is [2H][C@](NS(=O)(=O)C1CC1)(c1cn(CC(C)(C)C)c2cc(-c3ccccc3C(F)(F)F)ccc12)C(F)F. The summed E-state index contributed by atoms with van der Waals surface area (Å²) in [5.74, 6) is 0. The highest BCUT2D eigenvalue weighted by atomic mass is 32.2. The molecule has 1 fully saturated rings. The molecule has 3 aromatic rings. The van der Waals surface area contributed by atoms with Crippen LogP contribution in [0.3, 0.4) is 0 Å². The van der Waals surface area contributed by atoms with Crippen molar-refractivity contribution in [2.45, 2.75) is 64.0 Å². The third-order valence-corrected chi connectivity index (χ3v) is 7.65. The van der Waals surface area contributed by atoms with Crippen LogP contribution in [0.15, 0.2) is 48.7 Å². The van der Waals surface area contributed by atoms with Crippen molar-refractivity contribution in [3.63, 3.8) is 0 Å². The molecule has 10 heteroatoms. The first-order valence-corrected chi connectivity index (χ1v) is 12.7. The Kier molecular flexibility index (Phi) is 6.15. The van der Waals surface area contributed by atoms with E-state index in [-0.39, 0.29) is 27.5 Å². The van der Waals surface area contributed by atoms with E-state index >= 15 is 0 Å². The molecule has 190 valence electrons. The quantitative estimate of drug-likeness (QED) is 0.354. The molecule has 0 radical (unpaired) electrons. The number of rotatable bonds is 7. The smallest absolute Gasteiger partial charge is 0.347 e. The van der Waals surface area contributed by atoms with Gasteiger partial charge in [-0.15, -0.1) is 0 Å². The number of benzene rings is 2. The number of nitrogens with zero attached hydrogens (tertiary/aromatic N) is 1. The van der Waals surface area contributed by atoms with Crippen LogP contribution in [-0.2, 0) is 22.7 Å². The normalized spacial score (nSPS) is 17.6. The predicted octanol–water partition coefficient (Wildman–Crippen LogP) is 6.76. The van der Waals surface area contributed by atoms with Gasteiger partial charge >= 0.3 is 6.18 Å². The summed E-state index contributed by atoms with van der Waals surface area (Å²) in [6, 6.07) is 6.32. The molecule has 0 spiro atoms. The Hall–Kier alpha value is -2.46. The van der Waals surface area contributed by atoms with Crippen molar-refractivity contribution in [1.29, 1.82) is 0 Å². The Labute approximate surface area is 202 Å². The molecule has 1 N–H and O–H groups in total. The first-order chi connectivity index (χ1) is 16.5. The molecule has 0 amide bonds. The second-order valence-electron chi connectivity index (χ2n) is 10.1. The van der Waals surface area contributed by atoms with Gasteiger partial charge in [-0.05, 0) is 41.5 Å². The van der Waals surface area contributed by atoms with E-state index < -0.39 is 39.5 Å². The topological polar surface area (TPSA) is 51.1 Å². The van der Waals surface area contributed by atoms with Gasteiger partial charge in [0.15, 0.2) is 0 Å². The molecule has 1 atom stereocenters. The average Bonchev–Trinajstić information content (AvgIpc) is 3.56. The van der Waals surface area contributed by atoms with Gasteiger partial charge in [0.25, 0.3) is 6.43 Å². The minimum atomic E-state index is -4.60. The highest BCUT2D eigenvalue weighted by Gasteiger charge is 2.40. The monoisotopic (exact) mass is 515 g/mol. The molecule has 4 rings (SSSR count). The third-order valence-electron chi connectivity index (χ3n) is 5.79. The third kappa shape index (κ3) is 5.53. The maximum Gasteiger partial charge on any atom is 0.417 e. The summed E-state index contributed by atoms with van der Waals surface area (Å²) in [4.78, 5) is 0. The zero-order chi connectivity index (χ0) is 26.7. The molecule has 1 aliphatic carbocycles. The fourth-order valence-electron chi connectivity index (χ4n) is 4.13. The summed E-state index contributed by atoms with van der Waals surface area (Å²) in [5, 5.41) is -0.643.